The standard InChI is InChI=1S/C22H31FO/c1-3-16-4-6-17(7-5-16)18-8-10-19(11-9-18)20-12-13-21(15-24-2)22(23)14-20/h3,12-14,16-19H,1,4-11,15H2,2H3/t16-,17-,18-,19-. The molecule has 0 spiro atoms. The van der Waals surface area contributed by atoms with Crippen LogP contribution in [-0.4, -0.2) is 7.11 Å². The molecule has 0 unspecified atom stereocenters. The van der Waals surface area contributed by atoms with E-state index in [0.29, 0.717) is 18.1 Å². The fraction of sp³-hybridized carbons (Fsp3) is 0.636. The lowest BCUT2D eigenvalue weighted by molar-refractivity contribution is 0.171. The Morgan fingerprint density at radius 3 is 2.21 bits per heavy atom. The van der Waals surface area contributed by atoms with Gasteiger partial charge in [0.2, 0.25) is 0 Å². The van der Waals surface area contributed by atoms with Crippen LogP contribution in [-0.2, 0) is 11.3 Å². The highest BCUT2D eigenvalue weighted by Gasteiger charge is 2.30. The van der Waals surface area contributed by atoms with Crippen molar-refractivity contribution < 1.29 is 9.13 Å². The van der Waals surface area contributed by atoms with Crippen LogP contribution in [0.1, 0.15) is 68.4 Å². The molecular weight excluding hydrogens is 299 g/mol. The van der Waals surface area contributed by atoms with E-state index < -0.39 is 0 Å². The van der Waals surface area contributed by atoms with Crippen molar-refractivity contribution in [3.8, 4) is 0 Å². The van der Waals surface area contributed by atoms with Gasteiger partial charge in [-0.25, -0.2) is 4.39 Å². The van der Waals surface area contributed by atoms with Crippen molar-refractivity contribution in [1.29, 1.82) is 0 Å². The van der Waals surface area contributed by atoms with Crippen LogP contribution < -0.4 is 0 Å². The van der Waals surface area contributed by atoms with E-state index in [9.17, 15) is 4.39 Å². The topological polar surface area (TPSA) is 9.23 Å². The maximum atomic E-state index is 14.1. The molecule has 0 N–H and O–H groups in total. The van der Waals surface area contributed by atoms with Crippen LogP contribution in [0, 0.1) is 23.6 Å². The van der Waals surface area contributed by atoms with E-state index in [1.54, 1.807) is 13.2 Å². The molecule has 0 bridgehead atoms. The third-order valence-electron chi connectivity index (χ3n) is 6.44. The largest absolute Gasteiger partial charge is 0.380 e. The Kier molecular flexibility index (Phi) is 6.10. The average Bonchev–Trinajstić information content (AvgIpc) is 2.64. The molecule has 0 radical (unpaired) electrons. The molecule has 0 aliphatic heterocycles. The summed E-state index contributed by atoms with van der Waals surface area (Å²) in [5.74, 6) is 3.00. The van der Waals surface area contributed by atoms with Crippen molar-refractivity contribution >= 4 is 0 Å². The predicted octanol–water partition coefficient (Wildman–Crippen LogP) is 6.24. The molecule has 2 heteroatoms. The van der Waals surface area contributed by atoms with E-state index in [4.69, 9.17) is 4.74 Å². The minimum Gasteiger partial charge on any atom is -0.380 e. The Labute approximate surface area is 146 Å². The number of methoxy groups -OCH3 is 1. The zero-order valence-electron chi connectivity index (χ0n) is 15.0. The zero-order chi connectivity index (χ0) is 16.9. The van der Waals surface area contributed by atoms with Gasteiger partial charge >= 0.3 is 0 Å². The molecule has 24 heavy (non-hydrogen) atoms. The normalized spacial score (nSPS) is 30.9. The Morgan fingerprint density at radius 1 is 1.04 bits per heavy atom. The number of hydrogen-bond donors (Lipinski definition) is 0. The molecule has 0 amide bonds. The maximum Gasteiger partial charge on any atom is 0.129 e. The van der Waals surface area contributed by atoms with E-state index in [1.165, 1.54) is 56.9 Å². The van der Waals surface area contributed by atoms with Gasteiger partial charge in [0.1, 0.15) is 5.82 Å². The highest BCUT2D eigenvalue weighted by molar-refractivity contribution is 5.27. The van der Waals surface area contributed by atoms with E-state index in [1.807, 2.05) is 6.07 Å². The van der Waals surface area contributed by atoms with Crippen LogP contribution in [0.2, 0.25) is 0 Å². The van der Waals surface area contributed by atoms with Gasteiger partial charge in [-0.1, -0.05) is 18.2 Å². The van der Waals surface area contributed by atoms with Crippen LogP contribution >= 0.6 is 0 Å². The lowest BCUT2D eigenvalue weighted by atomic mass is 9.68. The molecule has 2 aliphatic rings. The second-order valence-electron chi connectivity index (χ2n) is 7.81. The van der Waals surface area contributed by atoms with Gasteiger partial charge in [-0.2, -0.15) is 0 Å². The molecule has 3 rings (SSSR count). The van der Waals surface area contributed by atoms with Crippen LogP contribution in [0.15, 0.2) is 30.9 Å². The molecule has 0 saturated heterocycles. The summed E-state index contributed by atoms with van der Waals surface area (Å²) in [5.41, 5.74) is 1.84. The molecule has 0 atom stereocenters. The fourth-order valence-corrected chi connectivity index (χ4v) is 4.87. The van der Waals surface area contributed by atoms with Crippen molar-refractivity contribution in [1.82, 2.24) is 0 Å². The molecule has 0 heterocycles. The summed E-state index contributed by atoms with van der Waals surface area (Å²) >= 11 is 0. The zero-order valence-corrected chi connectivity index (χ0v) is 15.0. The van der Waals surface area contributed by atoms with Crippen LogP contribution in [0.3, 0.4) is 0 Å². The maximum absolute atomic E-state index is 14.1. The Hall–Kier alpha value is -1.15. The van der Waals surface area contributed by atoms with Gasteiger partial charge in [0.05, 0.1) is 6.61 Å². The van der Waals surface area contributed by atoms with Gasteiger partial charge < -0.3 is 4.74 Å². The molecule has 2 aliphatic carbocycles. The van der Waals surface area contributed by atoms with E-state index in [-0.39, 0.29) is 5.82 Å². The number of allylic oxidation sites excluding steroid dienone is 1. The smallest absolute Gasteiger partial charge is 0.129 e. The van der Waals surface area contributed by atoms with Gasteiger partial charge in [0.15, 0.2) is 0 Å². The first-order chi connectivity index (χ1) is 11.7. The summed E-state index contributed by atoms with van der Waals surface area (Å²) in [7, 11) is 1.61. The van der Waals surface area contributed by atoms with E-state index in [2.05, 4.69) is 18.7 Å². The predicted molar refractivity (Wildman–Crippen MR) is 97.5 cm³/mol. The molecule has 0 aromatic heterocycles. The Bertz CT molecular complexity index is 537. The molecule has 2 fully saturated rings. The molecule has 2 saturated carbocycles. The highest BCUT2D eigenvalue weighted by atomic mass is 19.1. The minimum absolute atomic E-state index is 0.112. The van der Waals surface area contributed by atoms with Crippen LogP contribution in [0.4, 0.5) is 4.39 Å². The number of halogens is 1. The summed E-state index contributed by atoms with van der Waals surface area (Å²) in [4.78, 5) is 0. The first-order valence-corrected chi connectivity index (χ1v) is 9.61. The number of rotatable bonds is 5. The number of benzene rings is 1. The SMILES string of the molecule is C=C[C@H]1CC[C@H]([C@H]2CC[C@H](c3ccc(COC)c(F)c3)CC2)CC1. The lowest BCUT2D eigenvalue weighted by Gasteiger charge is -2.37. The summed E-state index contributed by atoms with van der Waals surface area (Å²) < 4.78 is 19.2. The highest BCUT2D eigenvalue weighted by Crippen LogP contribution is 2.44. The van der Waals surface area contributed by atoms with Gasteiger partial charge in [-0.15, -0.1) is 6.58 Å². The van der Waals surface area contributed by atoms with Crippen molar-refractivity contribution in [2.75, 3.05) is 7.11 Å². The monoisotopic (exact) mass is 330 g/mol. The minimum atomic E-state index is -0.112. The first kappa shape index (κ1) is 17.7. The number of ether oxygens (including phenoxy) is 1. The summed E-state index contributed by atoms with van der Waals surface area (Å²) in [6.45, 7) is 4.31. The van der Waals surface area contributed by atoms with Gasteiger partial charge in [-0.05, 0) is 86.7 Å². The third-order valence-corrected chi connectivity index (χ3v) is 6.44. The molecular formula is C22H31FO. The Morgan fingerprint density at radius 2 is 1.67 bits per heavy atom. The van der Waals surface area contributed by atoms with Crippen molar-refractivity contribution in [2.45, 2.75) is 63.9 Å². The van der Waals surface area contributed by atoms with Gasteiger partial charge in [0.25, 0.3) is 0 Å². The summed E-state index contributed by atoms with van der Waals surface area (Å²) in [5, 5.41) is 0. The summed E-state index contributed by atoms with van der Waals surface area (Å²) in [6, 6.07) is 5.75. The molecule has 1 aromatic rings. The first-order valence-electron chi connectivity index (χ1n) is 9.61. The second-order valence-corrected chi connectivity index (χ2v) is 7.81. The van der Waals surface area contributed by atoms with Crippen molar-refractivity contribution in [2.24, 2.45) is 17.8 Å². The van der Waals surface area contributed by atoms with E-state index >= 15 is 0 Å². The third kappa shape index (κ3) is 4.08. The van der Waals surface area contributed by atoms with E-state index in [0.717, 1.165) is 17.8 Å². The molecule has 1 aromatic carbocycles. The average molecular weight is 330 g/mol. The van der Waals surface area contributed by atoms with Crippen molar-refractivity contribution in [3.63, 3.8) is 0 Å². The van der Waals surface area contributed by atoms with Crippen LogP contribution in [0.5, 0.6) is 0 Å². The quantitative estimate of drug-likeness (QED) is 0.581. The lowest BCUT2D eigenvalue weighted by Crippen LogP contribution is -2.25. The van der Waals surface area contributed by atoms with Gasteiger partial charge in [0, 0.05) is 12.7 Å². The van der Waals surface area contributed by atoms with Gasteiger partial charge in [-0.3, -0.25) is 0 Å². The molecule has 1 nitrogen and oxygen atoms in total. The fourth-order valence-electron chi connectivity index (χ4n) is 4.87. The Balaban J connectivity index is 1.53. The van der Waals surface area contributed by atoms with Crippen LogP contribution in [0.25, 0.3) is 0 Å². The molecule has 132 valence electrons. The number of hydrogen-bond acceptors (Lipinski definition) is 1. The van der Waals surface area contributed by atoms with Crippen molar-refractivity contribution in [3.05, 3.63) is 47.8 Å². The summed E-state index contributed by atoms with van der Waals surface area (Å²) in [6.07, 6.45) is 12.6. The second kappa shape index (κ2) is 8.29.